The van der Waals surface area contributed by atoms with E-state index in [4.69, 9.17) is 5.21 Å². The van der Waals surface area contributed by atoms with Crippen LogP contribution in [0.4, 0.5) is 5.69 Å². The van der Waals surface area contributed by atoms with E-state index < -0.39 is 5.91 Å². The lowest BCUT2D eigenvalue weighted by molar-refractivity contribution is -0.128. The Kier molecular flexibility index (Phi) is 7.97. The summed E-state index contributed by atoms with van der Waals surface area (Å²) >= 11 is 0. The lowest BCUT2D eigenvalue weighted by atomic mass is 9.82. The van der Waals surface area contributed by atoms with Crippen molar-refractivity contribution in [3.8, 4) is 0 Å². The molecule has 0 aromatic heterocycles. The summed E-state index contributed by atoms with van der Waals surface area (Å²) in [5, 5.41) is 11.4. The summed E-state index contributed by atoms with van der Waals surface area (Å²) in [6.45, 7) is 9.04. The molecule has 2 aromatic carbocycles. The van der Waals surface area contributed by atoms with Crippen molar-refractivity contribution >= 4 is 17.5 Å². The highest BCUT2D eigenvalue weighted by Gasteiger charge is 2.16. The molecule has 0 heterocycles. The molecule has 2 amide bonds. The number of hydroxylamine groups is 1. The minimum absolute atomic E-state index is 0.0453. The number of anilines is 1. The van der Waals surface area contributed by atoms with E-state index in [9.17, 15) is 9.59 Å². The van der Waals surface area contributed by atoms with Gasteiger partial charge in [-0.2, -0.15) is 0 Å². The standard InChI is InChI=1S/C24H32N2O3/c1-17(16-24(2,3)4)20-10-5-18(6-11-20)9-14-22(27)25-21-12-7-19(8-13-21)15-23(28)26-29/h5-8,10-13,17,29H,9,14-16H2,1-4H3,(H,25,27)(H,26,28). The van der Waals surface area contributed by atoms with Crippen LogP contribution in [-0.2, 0) is 22.4 Å². The number of hydrogen-bond donors (Lipinski definition) is 3. The molecule has 5 nitrogen and oxygen atoms in total. The molecule has 5 heteroatoms. The Morgan fingerprint density at radius 3 is 2.07 bits per heavy atom. The van der Waals surface area contributed by atoms with Gasteiger partial charge >= 0.3 is 0 Å². The smallest absolute Gasteiger partial charge is 0.247 e. The maximum atomic E-state index is 12.2. The first-order chi connectivity index (χ1) is 13.7. The van der Waals surface area contributed by atoms with E-state index in [2.05, 4.69) is 57.3 Å². The maximum Gasteiger partial charge on any atom is 0.247 e. The second-order valence-corrected chi connectivity index (χ2v) is 8.86. The third-order valence-corrected chi connectivity index (χ3v) is 4.84. The number of carbonyl (C=O) groups is 2. The van der Waals surface area contributed by atoms with E-state index >= 15 is 0 Å². The molecule has 0 radical (unpaired) electrons. The molecular formula is C24H32N2O3. The summed E-state index contributed by atoms with van der Waals surface area (Å²) in [6.07, 6.45) is 2.33. The Labute approximate surface area is 173 Å². The fourth-order valence-corrected chi connectivity index (χ4v) is 3.46. The van der Waals surface area contributed by atoms with Gasteiger partial charge in [0.1, 0.15) is 0 Å². The van der Waals surface area contributed by atoms with Crippen molar-refractivity contribution in [2.45, 2.75) is 59.3 Å². The number of carbonyl (C=O) groups excluding carboxylic acids is 2. The average Bonchev–Trinajstić information content (AvgIpc) is 2.67. The van der Waals surface area contributed by atoms with Crippen LogP contribution in [0, 0.1) is 5.41 Å². The lowest BCUT2D eigenvalue weighted by Gasteiger charge is -2.23. The van der Waals surface area contributed by atoms with Crippen molar-refractivity contribution in [2.24, 2.45) is 5.41 Å². The monoisotopic (exact) mass is 396 g/mol. The molecule has 1 unspecified atom stereocenters. The third-order valence-electron chi connectivity index (χ3n) is 4.84. The van der Waals surface area contributed by atoms with Gasteiger partial charge in [0.15, 0.2) is 0 Å². The molecule has 0 bridgehead atoms. The molecule has 0 fully saturated rings. The molecule has 2 rings (SSSR count). The van der Waals surface area contributed by atoms with E-state index in [1.165, 1.54) is 5.56 Å². The van der Waals surface area contributed by atoms with Crippen molar-refractivity contribution in [3.63, 3.8) is 0 Å². The molecule has 1 atom stereocenters. The quantitative estimate of drug-likeness (QED) is 0.441. The summed E-state index contributed by atoms with van der Waals surface area (Å²) in [4.78, 5) is 23.4. The molecule has 2 aromatic rings. The second-order valence-electron chi connectivity index (χ2n) is 8.86. The van der Waals surface area contributed by atoms with E-state index in [0.717, 1.165) is 17.5 Å². The van der Waals surface area contributed by atoms with Gasteiger partial charge in [0.05, 0.1) is 6.42 Å². The number of aryl methyl sites for hydroxylation is 1. The number of benzene rings is 2. The second kappa shape index (κ2) is 10.2. The van der Waals surface area contributed by atoms with Gasteiger partial charge in [-0.1, -0.05) is 64.1 Å². The Morgan fingerprint density at radius 2 is 1.52 bits per heavy atom. The zero-order valence-corrected chi connectivity index (χ0v) is 17.8. The van der Waals surface area contributed by atoms with Crippen molar-refractivity contribution < 1.29 is 14.8 Å². The van der Waals surface area contributed by atoms with Gasteiger partial charge < -0.3 is 5.32 Å². The number of amides is 2. The fraction of sp³-hybridized carbons (Fsp3) is 0.417. The summed E-state index contributed by atoms with van der Waals surface area (Å²) < 4.78 is 0. The zero-order valence-electron chi connectivity index (χ0n) is 17.8. The highest BCUT2D eigenvalue weighted by molar-refractivity contribution is 5.90. The fourth-order valence-electron chi connectivity index (χ4n) is 3.46. The summed E-state index contributed by atoms with van der Waals surface area (Å²) in [7, 11) is 0. The first-order valence-electron chi connectivity index (χ1n) is 10.1. The van der Waals surface area contributed by atoms with E-state index in [-0.39, 0.29) is 12.3 Å². The zero-order chi connectivity index (χ0) is 21.4. The van der Waals surface area contributed by atoms with Gasteiger partial charge in [0, 0.05) is 12.1 Å². The van der Waals surface area contributed by atoms with Crippen LogP contribution in [-0.4, -0.2) is 17.0 Å². The Bertz CT molecular complexity index is 806. The van der Waals surface area contributed by atoms with Crippen molar-refractivity contribution in [1.29, 1.82) is 0 Å². The van der Waals surface area contributed by atoms with Gasteiger partial charge in [0.2, 0.25) is 11.8 Å². The van der Waals surface area contributed by atoms with Crippen LogP contribution in [0.15, 0.2) is 48.5 Å². The number of hydrogen-bond acceptors (Lipinski definition) is 3. The lowest BCUT2D eigenvalue weighted by Crippen LogP contribution is -2.20. The molecule has 0 aliphatic rings. The summed E-state index contributed by atoms with van der Waals surface area (Å²) in [5.74, 6) is -0.00425. The molecule has 0 saturated carbocycles. The van der Waals surface area contributed by atoms with Crippen molar-refractivity contribution in [2.75, 3.05) is 5.32 Å². The predicted octanol–water partition coefficient (Wildman–Crippen LogP) is 4.85. The van der Waals surface area contributed by atoms with E-state index in [1.807, 2.05) is 0 Å². The molecule has 0 spiro atoms. The van der Waals surface area contributed by atoms with E-state index in [0.29, 0.717) is 29.9 Å². The van der Waals surface area contributed by atoms with Crippen LogP contribution < -0.4 is 10.8 Å². The molecule has 0 saturated heterocycles. The number of rotatable bonds is 8. The van der Waals surface area contributed by atoms with Crippen LogP contribution in [0.2, 0.25) is 0 Å². The Morgan fingerprint density at radius 1 is 0.931 bits per heavy atom. The molecule has 3 N–H and O–H groups in total. The molecule has 0 aliphatic carbocycles. The largest absolute Gasteiger partial charge is 0.326 e. The minimum atomic E-state index is -0.472. The third kappa shape index (κ3) is 8.08. The normalized spacial score (nSPS) is 12.3. The van der Waals surface area contributed by atoms with Gasteiger partial charge in [0.25, 0.3) is 0 Å². The van der Waals surface area contributed by atoms with Crippen LogP contribution in [0.3, 0.4) is 0 Å². The molecule has 0 aliphatic heterocycles. The van der Waals surface area contributed by atoms with Crippen LogP contribution in [0.25, 0.3) is 0 Å². The van der Waals surface area contributed by atoms with Crippen LogP contribution >= 0.6 is 0 Å². The first-order valence-corrected chi connectivity index (χ1v) is 10.1. The topological polar surface area (TPSA) is 78.4 Å². The number of nitrogens with one attached hydrogen (secondary N) is 2. The summed E-state index contributed by atoms with van der Waals surface area (Å²) in [5.41, 5.74) is 5.84. The highest BCUT2D eigenvalue weighted by atomic mass is 16.5. The Hall–Kier alpha value is -2.66. The average molecular weight is 397 g/mol. The van der Waals surface area contributed by atoms with Crippen LogP contribution in [0.1, 0.15) is 63.1 Å². The van der Waals surface area contributed by atoms with Crippen molar-refractivity contribution in [1.82, 2.24) is 5.48 Å². The van der Waals surface area contributed by atoms with Gasteiger partial charge in [-0.25, -0.2) is 5.48 Å². The van der Waals surface area contributed by atoms with Crippen molar-refractivity contribution in [3.05, 3.63) is 65.2 Å². The van der Waals surface area contributed by atoms with E-state index in [1.54, 1.807) is 29.7 Å². The summed E-state index contributed by atoms with van der Waals surface area (Å²) in [6, 6.07) is 15.6. The van der Waals surface area contributed by atoms with Gasteiger partial charge in [-0.15, -0.1) is 0 Å². The van der Waals surface area contributed by atoms with Gasteiger partial charge in [-0.05, 0) is 53.0 Å². The van der Waals surface area contributed by atoms with Gasteiger partial charge in [-0.3, -0.25) is 14.8 Å². The molecule has 29 heavy (non-hydrogen) atoms. The highest BCUT2D eigenvalue weighted by Crippen LogP contribution is 2.30. The minimum Gasteiger partial charge on any atom is -0.326 e. The molecule has 156 valence electrons. The predicted molar refractivity (Wildman–Crippen MR) is 116 cm³/mol. The first kappa shape index (κ1) is 22.6. The maximum absolute atomic E-state index is 12.2. The van der Waals surface area contributed by atoms with Crippen LogP contribution in [0.5, 0.6) is 0 Å². The SMILES string of the molecule is CC(CC(C)(C)C)c1ccc(CCC(=O)Nc2ccc(CC(=O)NO)cc2)cc1. The Balaban J connectivity index is 1.82. The molecular weight excluding hydrogens is 364 g/mol.